The van der Waals surface area contributed by atoms with Crippen molar-refractivity contribution in [3.8, 4) is 0 Å². The van der Waals surface area contributed by atoms with E-state index in [4.69, 9.17) is 11.6 Å². The third-order valence-corrected chi connectivity index (χ3v) is 5.99. The average molecular weight is 373 g/mol. The molecule has 2 aromatic heterocycles. The van der Waals surface area contributed by atoms with Gasteiger partial charge in [-0.2, -0.15) is 5.10 Å². The van der Waals surface area contributed by atoms with Gasteiger partial charge in [0.25, 0.3) is 5.91 Å². The number of benzene rings is 1. The lowest BCUT2D eigenvalue weighted by atomic mass is 10.1. The first-order chi connectivity index (χ1) is 11.7. The molecule has 24 heavy (non-hydrogen) atoms. The molecule has 0 bridgehead atoms. The van der Waals surface area contributed by atoms with Gasteiger partial charge in [-0.15, -0.1) is 22.7 Å². The molecule has 0 unspecified atom stereocenters. The lowest BCUT2D eigenvalue weighted by Crippen LogP contribution is -2.26. The second-order valence-electron chi connectivity index (χ2n) is 5.42. The summed E-state index contributed by atoms with van der Waals surface area (Å²) >= 11 is 9.33. The number of thiophene rings is 2. The van der Waals surface area contributed by atoms with Gasteiger partial charge in [0, 0.05) is 21.9 Å². The molecule has 0 saturated heterocycles. The fraction of sp³-hybridized carbons (Fsp3) is 0.111. The quantitative estimate of drug-likeness (QED) is 0.601. The van der Waals surface area contributed by atoms with Gasteiger partial charge in [-0.3, -0.25) is 4.79 Å². The first kappa shape index (κ1) is 15.6. The number of nitrogens with zero attached hydrogens (tertiary/aromatic N) is 2. The highest BCUT2D eigenvalue weighted by atomic mass is 35.5. The summed E-state index contributed by atoms with van der Waals surface area (Å²) in [6.07, 6.45) is 0.729. The summed E-state index contributed by atoms with van der Waals surface area (Å²) in [5, 5.41) is 10.9. The minimum absolute atomic E-state index is 0.0615. The first-order valence-electron chi connectivity index (χ1n) is 7.46. The average Bonchev–Trinajstić information content (AvgIpc) is 3.32. The number of hydrogen-bond donors (Lipinski definition) is 0. The summed E-state index contributed by atoms with van der Waals surface area (Å²) in [7, 11) is 0. The molecule has 120 valence electrons. The van der Waals surface area contributed by atoms with E-state index in [1.165, 1.54) is 0 Å². The predicted molar refractivity (Wildman–Crippen MR) is 100 cm³/mol. The number of halogens is 1. The Bertz CT molecular complexity index is 888. The number of carbonyl (C=O) groups is 1. The van der Waals surface area contributed by atoms with Crippen LogP contribution < -0.4 is 0 Å². The Kier molecular flexibility index (Phi) is 4.22. The molecule has 0 aliphatic carbocycles. The van der Waals surface area contributed by atoms with Crippen LogP contribution in [0.15, 0.2) is 64.4 Å². The van der Waals surface area contributed by atoms with Crippen molar-refractivity contribution in [2.75, 3.05) is 0 Å². The monoisotopic (exact) mass is 372 g/mol. The lowest BCUT2D eigenvalue weighted by Gasteiger charge is -2.20. The molecular weight excluding hydrogens is 360 g/mol. The molecule has 3 nitrogen and oxygen atoms in total. The fourth-order valence-corrected chi connectivity index (χ4v) is 4.47. The van der Waals surface area contributed by atoms with E-state index in [0.29, 0.717) is 10.6 Å². The molecule has 0 fully saturated rings. The van der Waals surface area contributed by atoms with Gasteiger partial charge in [-0.25, -0.2) is 5.01 Å². The van der Waals surface area contributed by atoms with Crippen molar-refractivity contribution in [3.05, 3.63) is 79.6 Å². The maximum Gasteiger partial charge on any atom is 0.274 e. The van der Waals surface area contributed by atoms with Gasteiger partial charge >= 0.3 is 0 Å². The topological polar surface area (TPSA) is 32.7 Å². The molecule has 0 radical (unpaired) electrons. The molecule has 0 N–H and O–H groups in total. The minimum Gasteiger partial charge on any atom is -0.267 e. The van der Waals surface area contributed by atoms with Crippen molar-refractivity contribution in [1.29, 1.82) is 0 Å². The Balaban J connectivity index is 1.72. The van der Waals surface area contributed by atoms with Crippen LogP contribution in [0, 0.1) is 0 Å². The van der Waals surface area contributed by atoms with Gasteiger partial charge in [0.05, 0.1) is 16.6 Å². The molecular formula is C18H13ClN2OS2. The molecule has 6 heteroatoms. The smallest absolute Gasteiger partial charge is 0.267 e. The van der Waals surface area contributed by atoms with E-state index in [0.717, 1.165) is 21.9 Å². The zero-order valence-electron chi connectivity index (χ0n) is 12.6. The van der Waals surface area contributed by atoms with E-state index in [1.807, 2.05) is 29.0 Å². The maximum atomic E-state index is 13.0. The van der Waals surface area contributed by atoms with E-state index in [-0.39, 0.29) is 11.9 Å². The Hall–Kier alpha value is -1.95. The van der Waals surface area contributed by atoms with Crippen LogP contribution in [-0.2, 0) is 0 Å². The third kappa shape index (κ3) is 2.90. The van der Waals surface area contributed by atoms with Crippen LogP contribution >= 0.6 is 34.3 Å². The molecule has 1 atom stereocenters. The van der Waals surface area contributed by atoms with Crippen molar-refractivity contribution in [2.24, 2.45) is 5.10 Å². The lowest BCUT2D eigenvalue weighted by molar-refractivity contribution is 0.0714. The van der Waals surface area contributed by atoms with Gasteiger partial charge < -0.3 is 0 Å². The standard InChI is InChI=1S/C18H13ClN2OS2/c19-13-5-1-4-12(10-13)18(22)21-15(17-7-3-9-24-17)11-14(20-21)16-6-2-8-23-16/h1-10,15H,11H2/t15-/m0/s1. The van der Waals surface area contributed by atoms with E-state index >= 15 is 0 Å². The molecule has 0 saturated carbocycles. The summed E-state index contributed by atoms with van der Waals surface area (Å²) < 4.78 is 0. The molecule has 1 aliphatic heterocycles. The van der Waals surface area contributed by atoms with Crippen molar-refractivity contribution >= 4 is 45.9 Å². The highest BCUT2D eigenvalue weighted by Gasteiger charge is 2.34. The zero-order chi connectivity index (χ0) is 16.5. The van der Waals surface area contributed by atoms with Gasteiger partial charge in [0.2, 0.25) is 0 Å². The Morgan fingerprint density at radius 2 is 1.96 bits per heavy atom. The summed E-state index contributed by atoms with van der Waals surface area (Å²) in [5.74, 6) is -0.123. The highest BCUT2D eigenvalue weighted by molar-refractivity contribution is 7.12. The Labute approximate surface area is 152 Å². The van der Waals surface area contributed by atoms with Crippen LogP contribution in [0.25, 0.3) is 0 Å². The van der Waals surface area contributed by atoms with Crippen molar-refractivity contribution in [2.45, 2.75) is 12.5 Å². The largest absolute Gasteiger partial charge is 0.274 e. The van der Waals surface area contributed by atoms with Gasteiger partial charge in [0.15, 0.2) is 0 Å². The molecule has 1 amide bonds. The zero-order valence-corrected chi connectivity index (χ0v) is 14.9. The minimum atomic E-state index is -0.123. The number of carbonyl (C=O) groups excluding carboxylic acids is 1. The second kappa shape index (κ2) is 6.51. The van der Waals surface area contributed by atoms with Crippen LogP contribution in [0.1, 0.15) is 32.6 Å². The Morgan fingerprint density at radius 1 is 1.12 bits per heavy atom. The molecule has 1 aliphatic rings. The molecule has 3 aromatic rings. The number of amides is 1. The molecule has 3 heterocycles. The van der Waals surface area contributed by atoms with E-state index in [1.54, 1.807) is 51.9 Å². The normalized spacial score (nSPS) is 17.1. The number of hydrogen-bond acceptors (Lipinski definition) is 4. The van der Waals surface area contributed by atoms with Crippen molar-refractivity contribution in [1.82, 2.24) is 5.01 Å². The van der Waals surface area contributed by atoms with Crippen LogP contribution in [0.5, 0.6) is 0 Å². The summed E-state index contributed by atoms with van der Waals surface area (Å²) in [6, 6.07) is 15.1. The summed E-state index contributed by atoms with van der Waals surface area (Å²) in [4.78, 5) is 15.2. The second-order valence-corrected chi connectivity index (χ2v) is 7.78. The fourth-order valence-electron chi connectivity index (χ4n) is 2.75. The van der Waals surface area contributed by atoms with E-state index in [2.05, 4.69) is 11.2 Å². The molecule has 4 rings (SSSR count). The SMILES string of the molecule is O=C(c1cccc(Cl)c1)N1N=C(c2cccs2)C[C@H]1c1cccs1. The van der Waals surface area contributed by atoms with E-state index < -0.39 is 0 Å². The van der Waals surface area contributed by atoms with Crippen molar-refractivity contribution in [3.63, 3.8) is 0 Å². The molecule has 0 spiro atoms. The summed E-state index contributed by atoms with van der Waals surface area (Å²) in [6.45, 7) is 0. The van der Waals surface area contributed by atoms with Crippen LogP contribution in [-0.4, -0.2) is 16.6 Å². The van der Waals surface area contributed by atoms with Crippen LogP contribution in [0.2, 0.25) is 5.02 Å². The maximum absolute atomic E-state index is 13.0. The summed E-state index contributed by atoms with van der Waals surface area (Å²) in [5.41, 5.74) is 1.51. The molecule has 1 aromatic carbocycles. The third-order valence-electron chi connectivity index (χ3n) is 3.87. The van der Waals surface area contributed by atoms with Crippen LogP contribution in [0.3, 0.4) is 0 Å². The van der Waals surface area contributed by atoms with Crippen molar-refractivity contribution < 1.29 is 4.79 Å². The number of rotatable bonds is 3. The number of hydrazone groups is 1. The predicted octanol–water partition coefficient (Wildman–Crippen LogP) is 5.45. The van der Waals surface area contributed by atoms with Gasteiger partial charge in [-0.05, 0) is 41.1 Å². The highest BCUT2D eigenvalue weighted by Crippen LogP contribution is 2.36. The Morgan fingerprint density at radius 3 is 2.67 bits per heavy atom. The van der Waals surface area contributed by atoms with Crippen LogP contribution in [0.4, 0.5) is 0 Å². The van der Waals surface area contributed by atoms with E-state index in [9.17, 15) is 4.79 Å². The van der Waals surface area contributed by atoms with Gasteiger partial charge in [-0.1, -0.05) is 29.8 Å². The first-order valence-corrected chi connectivity index (χ1v) is 9.60. The van der Waals surface area contributed by atoms with Gasteiger partial charge in [0.1, 0.15) is 0 Å².